The number of esters is 1. The zero-order chi connectivity index (χ0) is 16.2. The number of benzene rings is 1. The van der Waals surface area contributed by atoms with E-state index < -0.39 is 30.7 Å². The lowest BCUT2D eigenvalue weighted by Gasteiger charge is -2.15. The van der Waals surface area contributed by atoms with E-state index in [0.29, 0.717) is 0 Å². The molecule has 0 aliphatic carbocycles. The maximum absolute atomic E-state index is 12.0. The number of carbonyl (C=O) groups excluding carboxylic acids is 2. The third-order valence-electron chi connectivity index (χ3n) is 2.39. The van der Waals surface area contributed by atoms with Crippen molar-refractivity contribution in [2.75, 3.05) is 12.3 Å². The van der Waals surface area contributed by atoms with Crippen LogP contribution >= 0.6 is 11.6 Å². The summed E-state index contributed by atoms with van der Waals surface area (Å²) in [6.07, 6.45) is -5.95. The summed E-state index contributed by atoms with van der Waals surface area (Å²) in [6.45, 7) is -0.364. The molecule has 9 heteroatoms. The van der Waals surface area contributed by atoms with E-state index in [9.17, 15) is 22.8 Å². The van der Waals surface area contributed by atoms with Gasteiger partial charge in [-0.3, -0.25) is 4.79 Å². The molecule has 0 aliphatic heterocycles. The van der Waals surface area contributed by atoms with Gasteiger partial charge >= 0.3 is 12.1 Å². The molecule has 1 atom stereocenters. The van der Waals surface area contributed by atoms with Gasteiger partial charge in [0.05, 0.1) is 16.3 Å². The van der Waals surface area contributed by atoms with Crippen molar-refractivity contribution < 1.29 is 27.5 Å². The number of anilines is 1. The number of halogens is 4. The highest BCUT2D eigenvalue weighted by Crippen LogP contribution is 2.23. The Bertz CT molecular complexity index is 549. The molecule has 1 amide bonds. The Labute approximate surface area is 123 Å². The number of nitrogens with one attached hydrogen (secondary N) is 1. The van der Waals surface area contributed by atoms with E-state index in [1.54, 1.807) is 5.32 Å². The first-order valence-electron chi connectivity index (χ1n) is 5.71. The number of alkyl halides is 3. The van der Waals surface area contributed by atoms with Gasteiger partial charge in [-0.25, -0.2) is 4.79 Å². The summed E-state index contributed by atoms with van der Waals surface area (Å²) in [5, 5.41) is 1.73. The van der Waals surface area contributed by atoms with Crippen molar-refractivity contribution in [1.82, 2.24) is 5.32 Å². The summed E-state index contributed by atoms with van der Waals surface area (Å²) >= 11 is 5.72. The van der Waals surface area contributed by atoms with Crippen molar-refractivity contribution in [1.29, 1.82) is 0 Å². The van der Waals surface area contributed by atoms with Gasteiger partial charge in [0.25, 0.3) is 5.91 Å². The van der Waals surface area contributed by atoms with Crippen molar-refractivity contribution in [3.05, 3.63) is 28.8 Å². The summed E-state index contributed by atoms with van der Waals surface area (Å²) in [6, 6.07) is 4.22. The van der Waals surface area contributed by atoms with Gasteiger partial charge in [0.15, 0.2) is 6.10 Å². The molecule has 0 fully saturated rings. The molecule has 0 aliphatic rings. The molecule has 0 radical (unpaired) electrons. The summed E-state index contributed by atoms with van der Waals surface area (Å²) in [7, 11) is 0. The van der Waals surface area contributed by atoms with Gasteiger partial charge in [-0.15, -0.1) is 0 Å². The van der Waals surface area contributed by atoms with E-state index in [2.05, 4.69) is 0 Å². The van der Waals surface area contributed by atoms with Gasteiger partial charge in [-0.1, -0.05) is 17.7 Å². The molecule has 1 aromatic rings. The topological polar surface area (TPSA) is 81.4 Å². The molecule has 0 saturated heterocycles. The highest BCUT2D eigenvalue weighted by molar-refractivity contribution is 6.33. The number of nitrogens with two attached hydrogens (primary N) is 1. The molecular formula is C12H12ClF3N2O3. The van der Waals surface area contributed by atoms with Crippen LogP contribution in [0.2, 0.25) is 5.02 Å². The molecule has 0 spiro atoms. The minimum atomic E-state index is -4.54. The number of nitrogen functional groups attached to an aromatic ring is 1. The van der Waals surface area contributed by atoms with Gasteiger partial charge in [0.1, 0.15) is 6.54 Å². The molecule has 1 rings (SSSR count). The lowest BCUT2D eigenvalue weighted by atomic mass is 10.2. The van der Waals surface area contributed by atoms with Crippen LogP contribution in [-0.2, 0) is 9.53 Å². The van der Waals surface area contributed by atoms with E-state index in [0.717, 1.165) is 6.92 Å². The van der Waals surface area contributed by atoms with E-state index >= 15 is 0 Å². The Morgan fingerprint density at radius 1 is 1.43 bits per heavy atom. The maximum atomic E-state index is 12.0. The molecule has 1 unspecified atom stereocenters. The van der Waals surface area contributed by atoms with E-state index in [1.165, 1.54) is 18.2 Å². The number of carbonyl (C=O) groups is 2. The summed E-state index contributed by atoms with van der Waals surface area (Å²) in [5.41, 5.74) is 5.46. The predicted molar refractivity (Wildman–Crippen MR) is 69.8 cm³/mol. The number of amides is 1. The smallest absolute Gasteiger partial charge is 0.405 e. The van der Waals surface area contributed by atoms with Gasteiger partial charge in [0, 0.05) is 0 Å². The van der Waals surface area contributed by atoms with Crippen LogP contribution in [0.25, 0.3) is 0 Å². The van der Waals surface area contributed by atoms with Crippen LogP contribution in [0.4, 0.5) is 18.9 Å². The normalized spacial score (nSPS) is 12.6. The number of hydrogen-bond donors (Lipinski definition) is 2. The van der Waals surface area contributed by atoms with E-state index in [-0.39, 0.29) is 16.3 Å². The molecule has 0 saturated carbocycles. The Balaban J connectivity index is 2.66. The van der Waals surface area contributed by atoms with Gasteiger partial charge < -0.3 is 15.8 Å². The fourth-order valence-electron chi connectivity index (χ4n) is 1.32. The number of para-hydroxylation sites is 1. The highest BCUT2D eigenvalue weighted by Gasteiger charge is 2.29. The molecule has 0 bridgehead atoms. The second kappa shape index (κ2) is 6.66. The number of hydrogen-bond acceptors (Lipinski definition) is 4. The average molecular weight is 325 g/mol. The first kappa shape index (κ1) is 17.1. The molecule has 116 valence electrons. The Hall–Kier alpha value is -1.96. The zero-order valence-corrected chi connectivity index (χ0v) is 11.6. The zero-order valence-electron chi connectivity index (χ0n) is 10.8. The molecule has 1 aromatic carbocycles. The van der Waals surface area contributed by atoms with Crippen molar-refractivity contribution in [2.45, 2.75) is 19.2 Å². The predicted octanol–water partition coefficient (Wildman–Crippen LogP) is 2.15. The van der Waals surface area contributed by atoms with Crippen molar-refractivity contribution in [2.24, 2.45) is 0 Å². The van der Waals surface area contributed by atoms with Crippen LogP contribution in [0.15, 0.2) is 18.2 Å². The third-order valence-corrected chi connectivity index (χ3v) is 2.72. The van der Waals surface area contributed by atoms with Crippen LogP contribution in [0.3, 0.4) is 0 Å². The Kier molecular flexibility index (Phi) is 5.42. The van der Waals surface area contributed by atoms with E-state index in [4.69, 9.17) is 22.1 Å². The minimum absolute atomic E-state index is 0.0351. The van der Waals surface area contributed by atoms with Crippen LogP contribution in [-0.4, -0.2) is 30.7 Å². The second-order valence-corrected chi connectivity index (χ2v) is 4.49. The SMILES string of the molecule is CC(OC(=O)c1cccc(Cl)c1N)C(=O)NCC(F)(F)F. The Morgan fingerprint density at radius 3 is 2.62 bits per heavy atom. The van der Waals surface area contributed by atoms with Crippen molar-refractivity contribution in [3.63, 3.8) is 0 Å². The van der Waals surface area contributed by atoms with Crippen LogP contribution in [0, 0.1) is 0 Å². The first-order valence-corrected chi connectivity index (χ1v) is 6.09. The lowest BCUT2D eigenvalue weighted by Crippen LogP contribution is -2.40. The second-order valence-electron chi connectivity index (χ2n) is 4.08. The first-order chi connectivity index (χ1) is 9.61. The van der Waals surface area contributed by atoms with Crippen LogP contribution < -0.4 is 11.1 Å². The van der Waals surface area contributed by atoms with Crippen LogP contribution in [0.1, 0.15) is 17.3 Å². The Morgan fingerprint density at radius 2 is 2.05 bits per heavy atom. The largest absolute Gasteiger partial charge is 0.449 e. The summed E-state index contributed by atoms with van der Waals surface area (Å²) < 4.78 is 40.6. The average Bonchev–Trinajstić information content (AvgIpc) is 2.38. The molecule has 0 heterocycles. The van der Waals surface area contributed by atoms with Gasteiger partial charge in [-0.05, 0) is 19.1 Å². The minimum Gasteiger partial charge on any atom is -0.449 e. The fourth-order valence-corrected chi connectivity index (χ4v) is 1.50. The summed E-state index contributed by atoms with van der Waals surface area (Å²) in [4.78, 5) is 23.1. The van der Waals surface area contributed by atoms with E-state index in [1.807, 2.05) is 0 Å². The fraction of sp³-hybridized carbons (Fsp3) is 0.333. The molecule has 5 nitrogen and oxygen atoms in total. The van der Waals surface area contributed by atoms with Gasteiger partial charge in [-0.2, -0.15) is 13.2 Å². The molecular weight excluding hydrogens is 313 g/mol. The maximum Gasteiger partial charge on any atom is 0.405 e. The molecule has 3 N–H and O–H groups in total. The van der Waals surface area contributed by atoms with Gasteiger partial charge in [0.2, 0.25) is 0 Å². The van der Waals surface area contributed by atoms with Crippen LogP contribution in [0.5, 0.6) is 0 Å². The number of rotatable bonds is 4. The van der Waals surface area contributed by atoms with Crippen molar-refractivity contribution in [3.8, 4) is 0 Å². The molecule has 0 aromatic heterocycles. The quantitative estimate of drug-likeness (QED) is 0.657. The number of ether oxygens (including phenoxy) is 1. The lowest BCUT2D eigenvalue weighted by molar-refractivity contribution is -0.143. The van der Waals surface area contributed by atoms with Crippen molar-refractivity contribution >= 4 is 29.2 Å². The standard InChI is InChI=1S/C12H12ClF3N2O3/c1-6(10(19)18-5-12(14,15)16)21-11(20)7-3-2-4-8(13)9(7)17/h2-4,6H,5,17H2,1H3,(H,18,19). The third kappa shape index (κ3) is 5.14. The summed E-state index contributed by atoms with van der Waals surface area (Å²) in [5.74, 6) is -2.02. The monoisotopic (exact) mass is 324 g/mol. The molecule has 21 heavy (non-hydrogen) atoms. The highest BCUT2D eigenvalue weighted by atomic mass is 35.5.